The Labute approximate surface area is 151 Å². The van der Waals surface area contributed by atoms with Crippen LogP contribution in [0.2, 0.25) is 0 Å². The SMILES string of the molecule is O=C(O)CCNC(=O)Nc1ccc(N2CCN(C(=O)C3CC3)CC2)nc1. The maximum atomic E-state index is 12.1. The van der Waals surface area contributed by atoms with Gasteiger partial charge in [-0.3, -0.25) is 9.59 Å². The first-order valence-electron chi connectivity index (χ1n) is 8.79. The van der Waals surface area contributed by atoms with Crippen LogP contribution in [-0.4, -0.2) is 65.6 Å². The first-order chi connectivity index (χ1) is 12.5. The average molecular weight is 361 g/mol. The maximum absolute atomic E-state index is 12.1. The Morgan fingerprint density at radius 1 is 1.15 bits per heavy atom. The van der Waals surface area contributed by atoms with Gasteiger partial charge in [-0.1, -0.05) is 0 Å². The van der Waals surface area contributed by atoms with Crippen molar-refractivity contribution in [2.24, 2.45) is 5.92 Å². The molecule has 0 unspecified atom stereocenters. The number of hydrogen-bond donors (Lipinski definition) is 3. The van der Waals surface area contributed by atoms with Gasteiger partial charge in [0.15, 0.2) is 0 Å². The highest BCUT2D eigenvalue weighted by atomic mass is 16.4. The van der Waals surface area contributed by atoms with Crippen LogP contribution in [0.1, 0.15) is 19.3 Å². The van der Waals surface area contributed by atoms with Gasteiger partial charge in [-0.15, -0.1) is 0 Å². The molecule has 2 aliphatic rings. The monoisotopic (exact) mass is 361 g/mol. The fraction of sp³-hybridized carbons (Fsp3) is 0.529. The van der Waals surface area contributed by atoms with Crippen LogP contribution in [0.25, 0.3) is 0 Å². The lowest BCUT2D eigenvalue weighted by atomic mass is 10.2. The van der Waals surface area contributed by atoms with Crippen LogP contribution >= 0.6 is 0 Å². The molecule has 26 heavy (non-hydrogen) atoms. The highest BCUT2D eigenvalue weighted by molar-refractivity contribution is 5.89. The van der Waals surface area contributed by atoms with Gasteiger partial charge in [-0.05, 0) is 25.0 Å². The van der Waals surface area contributed by atoms with Gasteiger partial charge in [-0.2, -0.15) is 0 Å². The van der Waals surface area contributed by atoms with Gasteiger partial charge < -0.3 is 25.5 Å². The minimum absolute atomic E-state index is 0.0660. The number of nitrogens with zero attached hydrogens (tertiary/aromatic N) is 3. The van der Waals surface area contributed by atoms with Crippen LogP contribution in [0.15, 0.2) is 18.3 Å². The molecule has 1 aromatic heterocycles. The van der Waals surface area contributed by atoms with E-state index in [0.29, 0.717) is 18.8 Å². The molecule has 0 aromatic carbocycles. The molecule has 9 nitrogen and oxygen atoms in total. The number of carboxylic acid groups (broad SMARTS) is 1. The Hall–Kier alpha value is -2.84. The van der Waals surface area contributed by atoms with Gasteiger partial charge in [0, 0.05) is 38.6 Å². The van der Waals surface area contributed by atoms with E-state index in [4.69, 9.17) is 5.11 Å². The largest absolute Gasteiger partial charge is 0.481 e. The number of carbonyl (C=O) groups excluding carboxylic acids is 2. The summed E-state index contributed by atoms with van der Waals surface area (Å²) in [4.78, 5) is 42.6. The lowest BCUT2D eigenvalue weighted by Crippen LogP contribution is -2.49. The summed E-state index contributed by atoms with van der Waals surface area (Å²) >= 11 is 0. The first kappa shape index (κ1) is 18.0. The molecule has 0 spiro atoms. The van der Waals surface area contributed by atoms with Crippen LogP contribution in [0.3, 0.4) is 0 Å². The summed E-state index contributed by atoms with van der Waals surface area (Å²) in [6, 6.07) is 3.11. The second-order valence-corrected chi connectivity index (χ2v) is 6.52. The molecule has 3 amide bonds. The Morgan fingerprint density at radius 2 is 1.88 bits per heavy atom. The predicted molar refractivity (Wildman–Crippen MR) is 95.0 cm³/mol. The summed E-state index contributed by atoms with van der Waals surface area (Å²) in [5, 5.41) is 13.6. The molecule has 0 bridgehead atoms. The Kier molecular flexibility index (Phi) is 5.55. The molecule has 1 saturated heterocycles. The van der Waals surface area contributed by atoms with Gasteiger partial charge in [0.1, 0.15) is 5.82 Å². The fourth-order valence-electron chi connectivity index (χ4n) is 2.85. The molecule has 3 N–H and O–H groups in total. The van der Waals surface area contributed by atoms with Crippen molar-refractivity contribution >= 4 is 29.4 Å². The van der Waals surface area contributed by atoms with Gasteiger partial charge >= 0.3 is 12.0 Å². The van der Waals surface area contributed by atoms with Crippen LogP contribution in [0, 0.1) is 5.92 Å². The van der Waals surface area contributed by atoms with Crippen LogP contribution < -0.4 is 15.5 Å². The first-order valence-corrected chi connectivity index (χ1v) is 8.79. The number of rotatable bonds is 6. The smallest absolute Gasteiger partial charge is 0.319 e. The topological polar surface area (TPSA) is 115 Å². The van der Waals surface area contributed by atoms with E-state index in [-0.39, 0.29) is 24.8 Å². The van der Waals surface area contributed by atoms with Gasteiger partial charge in [0.25, 0.3) is 0 Å². The highest BCUT2D eigenvalue weighted by Crippen LogP contribution is 2.31. The number of piperazine rings is 1. The Balaban J connectivity index is 1.45. The fourth-order valence-corrected chi connectivity index (χ4v) is 2.85. The Morgan fingerprint density at radius 3 is 2.46 bits per heavy atom. The molecule has 1 aliphatic carbocycles. The second kappa shape index (κ2) is 8.03. The number of anilines is 2. The summed E-state index contributed by atoms with van der Waals surface area (Å²) < 4.78 is 0. The summed E-state index contributed by atoms with van der Waals surface area (Å²) in [5.41, 5.74) is 0.532. The number of urea groups is 1. The van der Waals surface area contributed by atoms with Crippen molar-refractivity contribution < 1.29 is 19.5 Å². The van der Waals surface area contributed by atoms with E-state index in [1.807, 2.05) is 11.0 Å². The zero-order chi connectivity index (χ0) is 18.5. The normalized spacial score (nSPS) is 16.9. The third-order valence-electron chi connectivity index (χ3n) is 4.47. The number of aromatic nitrogens is 1. The summed E-state index contributed by atoms with van der Waals surface area (Å²) in [6.45, 7) is 2.98. The number of amides is 3. The van der Waals surface area contributed by atoms with Crippen LogP contribution in [0.5, 0.6) is 0 Å². The van der Waals surface area contributed by atoms with Crippen LogP contribution in [0.4, 0.5) is 16.3 Å². The molecule has 2 heterocycles. The van der Waals surface area contributed by atoms with Crippen molar-refractivity contribution in [1.82, 2.24) is 15.2 Å². The predicted octanol–water partition coefficient (Wildman–Crippen LogP) is 0.736. The summed E-state index contributed by atoms with van der Waals surface area (Å²) in [7, 11) is 0. The van der Waals surface area contributed by atoms with Crippen molar-refractivity contribution in [2.75, 3.05) is 42.9 Å². The number of carboxylic acids is 1. The van der Waals surface area contributed by atoms with Crippen molar-refractivity contribution in [3.8, 4) is 0 Å². The number of pyridine rings is 1. The van der Waals surface area contributed by atoms with Crippen LogP contribution in [-0.2, 0) is 9.59 Å². The van der Waals surface area contributed by atoms with E-state index < -0.39 is 12.0 Å². The quantitative estimate of drug-likeness (QED) is 0.688. The molecular formula is C17H23N5O4. The van der Waals surface area contributed by atoms with Gasteiger partial charge in [0.05, 0.1) is 18.3 Å². The zero-order valence-electron chi connectivity index (χ0n) is 14.5. The summed E-state index contributed by atoms with van der Waals surface area (Å²) in [6.07, 6.45) is 3.49. The Bertz CT molecular complexity index is 666. The number of aliphatic carboxylic acids is 1. The zero-order valence-corrected chi connectivity index (χ0v) is 14.5. The molecule has 0 radical (unpaired) electrons. The molecule has 3 rings (SSSR count). The van der Waals surface area contributed by atoms with E-state index in [1.54, 1.807) is 12.3 Å². The molecule has 9 heteroatoms. The molecule has 1 aromatic rings. The van der Waals surface area contributed by atoms with E-state index >= 15 is 0 Å². The standard InChI is InChI=1S/C17H23N5O4/c23-15(24)5-6-18-17(26)20-13-3-4-14(19-11-13)21-7-9-22(10-8-21)16(25)12-1-2-12/h3-4,11-12H,1-2,5-10H2,(H,23,24)(H2,18,20,26). The van der Waals surface area contributed by atoms with Crippen molar-refractivity contribution in [3.05, 3.63) is 18.3 Å². The minimum Gasteiger partial charge on any atom is -0.481 e. The van der Waals surface area contributed by atoms with Crippen molar-refractivity contribution in [3.63, 3.8) is 0 Å². The molecular weight excluding hydrogens is 338 g/mol. The van der Waals surface area contributed by atoms with Crippen molar-refractivity contribution in [1.29, 1.82) is 0 Å². The van der Waals surface area contributed by atoms with Gasteiger partial charge in [-0.25, -0.2) is 9.78 Å². The molecule has 2 fully saturated rings. The minimum atomic E-state index is -0.963. The van der Waals surface area contributed by atoms with E-state index in [2.05, 4.69) is 20.5 Å². The third-order valence-corrected chi connectivity index (χ3v) is 4.47. The van der Waals surface area contributed by atoms with E-state index in [1.165, 1.54) is 0 Å². The number of nitrogens with one attached hydrogen (secondary N) is 2. The second-order valence-electron chi connectivity index (χ2n) is 6.52. The maximum Gasteiger partial charge on any atom is 0.319 e. The summed E-state index contributed by atoms with van der Waals surface area (Å²) in [5.74, 6) is 0.383. The van der Waals surface area contributed by atoms with Gasteiger partial charge in [0.2, 0.25) is 5.91 Å². The molecule has 140 valence electrons. The van der Waals surface area contributed by atoms with E-state index in [0.717, 1.165) is 31.7 Å². The molecule has 1 saturated carbocycles. The highest BCUT2D eigenvalue weighted by Gasteiger charge is 2.34. The number of carbonyl (C=O) groups is 3. The van der Waals surface area contributed by atoms with Crippen molar-refractivity contribution in [2.45, 2.75) is 19.3 Å². The lowest BCUT2D eigenvalue weighted by Gasteiger charge is -2.35. The molecule has 0 atom stereocenters. The molecule has 1 aliphatic heterocycles. The van der Waals surface area contributed by atoms with E-state index in [9.17, 15) is 14.4 Å². The average Bonchev–Trinajstić information content (AvgIpc) is 3.47. The lowest BCUT2D eigenvalue weighted by molar-refractivity contribution is -0.137. The number of hydrogen-bond acceptors (Lipinski definition) is 5. The third kappa shape index (κ3) is 4.84.